The molecule has 0 saturated carbocycles. The Bertz CT molecular complexity index is 226. The molecule has 0 heterocycles. The average Bonchev–Trinajstić information content (AvgIpc) is 2.06. The van der Waals surface area contributed by atoms with Gasteiger partial charge in [-0.2, -0.15) is 0 Å². The third-order valence-electron chi connectivity index (χ3n) is 1.34. The molecule has 1 rings (SSSR count). The van der Waals surface area contributed by atoms with Crippen LogP contribution in [0.5, 0.6) is 5.75 Å². The molecule has 11 heavy (non-hydrogen) atoms. The molecule has 0 unspecified atom stereocenters. The van der Waals surface area contributed by atoms with Gasteiger partial charge < -0.3 is 4.74 Å². The second kappa shape index (κ2) is 3.81. The third-order valence-corrected chi connectivity index (χ3v) is 1.34. The minimum Gasteiger partial charge on any atom is -0.462 e. The quantitative estimate of drug-likeness (QED) is 0.597. The first kappa shape index (κ1) is 7.86. The summed E-state index contributed by atoms with van der Waals surface area (Å²) in [4.78, 5) is 0. The summed E-state index contributed by atoms with van der Waals surface area (Å²) in [6.45, 7) is 5.75. The highest BCUT2D eigenvalue weighted by atomic mass is 16.5. The SMILES string of the molecule is C=C(CC)Oc1cc[c]cc1. The maximum atomic E-state index is 5.35. The summed E-state index contributed by atoms with van der Waals surface area (Å²) in [5.74, 6) is 1.62. The Balaban J connectivity index is 2.58. The van der Waals surface area contributed by atoms with Crippen LogP contribution in [-0.4, -0.2) is 0 Å². The largest absolute Gasteiger partial charge is 0.462 e. The van der Waals surface area contributed by atoms with Crippen molar-refractivity contribution in [3.8, 4) is 5.75 Å². The Kier molecular flexibility index (Phi) is 2.73. The number of hydrogen-bond donors (Lipinski definition) is 0. The van der Waals surface area contributed by atoms with Crippen molar-refractivity contribution in [3.63, 3.8) is 0 Å². The van der Waals surface area contributed by atoms with Gasteiger partial charge in [-0.25, -0.2) is 0 Å². The molecule has 0 spiro atoms. The molecule has 0 N–H and O–H groups in total. The van der Waals surface area contributed by atoms with Crippen molar-refractivity contribution in [3.05, 3.63) is 42.7 Å². The molecule has 1 radical (unpaired) electrons. The van der Waals surface area contributed by atoms with E-state index >= 15 is 0 Å². The van der Waals surface area contributed by atoms with Gasteiger partial charge in [-0.1, -0.05) is 25.6 Å². The average molecular weight is 147 g/mol. The standard InChI is InChI=1S/C10H11O/c1-3-9(2)11-10-7-5-4-6-8-10/h5-8H,2-3H2,1H3. The predicted octanol–water partition coefficient (Wildman–Crippen LogP) is 2.79. The van der Waals surface area contributed by atoms with Crippen LogP contribution in [0.3, 0.4) is 0 Å². The molecule has 0 aromatic heterocycles. The number of hydrogen-bond acceptors (Lipinski definition) is 1. The maximum absolute atomic E-state index is 5.35. The normalized spacial score (nSPS) is 9.18. The van der Waals surface area contributed by atoms with Gasteiger partial charge >= 0.3 is 0 Å². The van der Waals surface area contributed by atoms with Crippen LogP contribution in [0.2, 0.25) is 0 Å². The van der Waals surface area contributed by atoms with Crippen LogP contribution < -0.4 is 4.74 Å². The zero-order valence-electron chi connectivity index (χ0n) is 6.63. The van der Waals surface area contributed by atoms with Gasteiger partial charge in [0, 0.05) is 6.42 Å². The highest BCUT2D eigenvalue weighted by molar-refractivity contribution is 5.22. The molecule has 0 saturated heterocycles. The van der Waals surface area contributed by atoms with Gasteiger partial charge in [-0.05, 0) is 18.2 Å². The van der Waals surface area contributed by atoms with Crippen LogP contribution in [0, 0.1) is 6.07 Å². The predicted molar refractivity (Wildman–Crippen MR) is 45.3 cm³/mol. The summed E-state index contributed by atoms with van der Waals surface area (Å²) >= 11 is 0. The Hall–Kier alpha value is -1.24. The number of allylic oxidation sites excluding steroid dienone is 1. The number of rotatable bonds is 3. The highest BCUT2D eigenvalue weighted by Crippen LogP contribution is 2.12. The summed E-state index contributed by atoms with van der Waals surface area (Å²) in [6, 6.07) is 10.3. The minimum atomic E-state index is 0.788. The van der Waals surface area contributed by atoms with Crippen molar-refractivity contribution in [2.24, 2.45) is 0 Å². The molecule has 0 amide bonds. The lowest BCUT2D eigenvalue weighted by atomic mass is 10.3. The molecule has 0 bridgehead atoms. The van der Waals surface area contributed by atoms with E-state index in [-0.39, 0.29) is 0 Å². The van der Waals surface area contributed by atoms with Crippen LogP contribution in [0.4, 0.5) is 0 Å². The van der Waals surface area contributed by atoms with Crippen molar-refractivity contribution in [2.45, 2.75) is 13.3 Å². The van der Waals surface area contributed by atoms with E-state index in [0.29, 0.717) is 0 Å². The third kappa shape index (κ3) is 2.46. The van der Waals surface area contributed by atoms with Crippen LogP contribution >= 0.6 is 0 Å². The molecule has 1 aromatic carbocycles. The van der Waals surface area contributed by atoms with Crippen molar-refractivity contribution < 1.29 is 4.74 Å². The Morgan fingerprint density at radius 2 is 2.18 bits per heavy atom. The van der Waals surface area contributed by atoms with E-state index in [2.05, 4.69) is 12.6 Å². The fourth-order valence-electron chi connectivity index (χ4n) is 0.678. The van der Waals surface area contributed by atoms with Gasteiger partial charge in [0.1, 0.15) is 5.75 Å². The summed E-state index contributed by atoms with van der Waals surface area (Å²) < 4.78 is 5.35. The van der Waals surface area contributed by atoms with E-state index in [1.165, 1.54) is 0 Å². The lowest BCUT2D eigenvalue weighted by Gasteiger charge is -2.04. The van der Waals surface area contributed by atoms with Crippen LogP contribution in [-0.2, 0) is 0 Å². The lowest BCUT2D eigenvalue weighted by Crippen LogP contribution is -1.90. The van der Waals surface area contributed by atoms with Gasteiger partial charge in [-0.3, -0.25) is 0 Å². The Labute approximate surface area is 67.3 Å². The van der Waals surface area contributed by atoms with Crippen LogP contribution in [0.1, 0.15) is 13.3 Å². The molecule has 1 heteroatoms. The number of benzene rings is 1. The molecule has 57 valence electrons. The van der Waals surface area contributed by atoms with Gasteiger partial charge in [-0.15, -0.1) is 0 Å². The van der Waals surface area contributed by atoms with Crippen LogP contribution in [0.25, 0.3) is 0 Å². The first-order valence-electron chi connectivity index (χ1n) is 3.64. The van der Waals surface area contributed by atoms with E-state index in [0.717, 1.165) is 17.9 Å². The monoisotopic (exact) mass is 147 g/mol. The molecular formula is C10H11O. The Morgan fingerprint density at radius 3 is 2.73 bits per heavy atom. The lowest BCUT2D eigenvalue weighted by molar-refractivity contribution is 0.412. The van der Waals surface area contributed by atoms with Gasteiger partial charge in [0.15, 0.2) is 0 Å². The van der Waals surface area contributed by atoms with Gasteiger partial charge in [0.05, 0.1) is 5.76 Å². The fourth-order valence-corrected chi connectivity index (χ4v) is 0.678. The zero-order valence-corrected chi connectivity index (χ0v) is 6.63. The number of ether oxygens (including phenoxy) is 1. The van der Waals surface area contributed by atoms with Crippen molar-refractivity contribution in [2.75, 3.05) is 0 Å². The molecule has 0 fully saturated rings. The second-order valence-corrected chi connectivity index (χ2v) is 2.23. The van der Waals surface area contributed by atoms with Gasteiger partial charge in [0.25, 0.3) is 0 Å². The first-order valence-corrected chi connectivity index (χ1v) is 3.64. The summed E-state index contributed by atoms with van der Waals surface area (Å²) in [5, 5.41) is 0. The van der Waals surface area contributed by atoms with E-state index in [1.807, 2.05) is 31.2 Å². The molecule has 0 atom stereocenters. The summed E-state index contributed by atoms with van der Waals surface area (Å²) in [5.41, 5.74) is 0. The highest BCUT2D eigenvalue weighted by Gasteiger charge is 1.92. The van der Waals surface area contributed by atoms with Crippen molar-refractivity contribution in [1.82, 2.24) is 0 Å². The Morgan fingerprint density at radius 1 is 1.55 bits per heavy atom. The summed E-state index contributed by atoms with van der Waals surface area (Å²) in [6.07, 6.45) is 0.846. The minimum absolute atomic E-state index is 0.788. The van der Waals surface area contributed by atoms with Crippen molar-refractivity contribution in [1.29, 1.82) is 0 Å². The maximum Gasteiger partial charge on any atom is 0.126 e. The molecule has 1 nitrogen and oxygen atoms in total. The topological polar surface area (TPSA) is 9.23 Å². The second-order valence-electron chi connectivity index (χ2n) is 2.23. The van der Waals surface area contributed by atoms with Crippen LogP contribution in [0.15, 0.2) is 36.6 Å². The van der Waals surface area contributed by atoms with E-state index < -0.39 is 0 Å². The van der Waals surface area contributed by atoms with E-state index in [9.17, 15) is 0 Å². The van der Waals surface area contributed by atoms with Crippen molar-refractivity contribution >= 4 is 0 Å². The zero-order chi connectivity index (χ0) is 8.10. The van der Waals surface area contributed by atoms with E-state index in [1.54, 1.807) is 0 Å². The fraction of sp³-hybridized carbons (Fsp3) is 0.200. The smallest absolute Gasteiger partial charge is 0.126 e. The van der Waals surface area contributed by atoms with Gasteiger partial charge in [0.2, 0.25) is 0 Å². The first-order chi connectivity index (χ1) is 5.33. The molecule has 0 aliphatic carbocycles. The van der Waals surface area contributed by atoms with E-state index in [4.69, 9.17) is 4.74 Å². The molecule has 0 aliphatic heterocycles. The molecule has 1 aromatic rings. The molecular weight excluding hydrogens is 136 g/mol. The molecule has 0 aliphatic rings. The summed E-state index contributed by atoms with van der Waals surface area (Å²) in [7, 11) is 0.